The fraction of sp³-hybridized carbons (Fsp3) is 0. The molecule has 3 aromatic rings. The number of amides is 1. The number of benzene rings is 1. The third-order valence-corrected chi connectivity index (χ3v) is 3.51. The lowest BCUT2D eigenvalue weighted by molar-refractivity contribution is 0.102. The molecule has 2 aromatic heterocycles. The molecule has 1 aromatic carbocycles. The highest BCUT2D eigenvalue weighted by Gasteiger charge is 2.21. The average Bonchev–Trinajstić information content (AvgIpc) is 2.49. The number of fused-ring (bicyclic) bond motifs is 1. The third-order valence-electron chi connectivity index (χ3n) is 2.99. The Morgan fingerprint density at radius 3 is 2.68 bits per heavy atom. The van der Waals surface area contributed by atoms with E-state index in [1.54, 1.807) is 30.3 Å². The molecular weight excluding hydrogens is 352 g/mol. The first-order valence-electron chi connectivity index (χ1n) is 6.24. The predicted octanol–water partition coefficient (Wildman–Crippen LogP) is 2.91. The molecule has 0 fully saturated rings. The van der Waals surface area contributed by atoms with E-state index in [4.69, 9.17) is 4.42 Å². The molecule has 22 heavy (non-hydrogen) atoms. The van der Waals surface area contributed by atoms with Gasteiger partial charge in [0.15, 0.2) is 5.56 Å². The van der Waals surface area contributed by atoms with E-state index < -0.39 is 22.8 Å². The zero-order valence-electron chi connectivity index (χ0n) is 11.0. The van der Waals surface area contributed by atoms with Gasteiger partial charge in [-0.2, -0.15) is 0 Å². The Kier molecular flexibility index (Phi) is 3.64. The van der Waals surface area contributed by atoms with Gasteiger partial charge in [-0.15, -0.1) is 0 Å². The van der Waals surface area contributed by atoms with Crippen LogP contribution < -0.4 is 10.9 Å². The van der Waals surface area contributed by atoms with Crippen LogP contribution in [0.5, 0.6) is 5.75 Å². The number of hydrogen-bond donors (Lipinski definition) is 2. The van der Waals surface area contributed by atoms with E-state index in [2.05, 4.69) is 26.2 Å². The van der Waals surface area contributed by atoms with E-state index >= 15 is 0 Å². The lowest BCUT2D eigenvalue weighted by Gasteiger charge is -2.07. The molecule has 0 unspecified atom stereocenters. The number of rotatable bonds is 2. The molecule has 0 saturated carbocycles. The summed E-state index contributed by atoms with van der Waals surface area (Å²) < 4.78 is 5.81. The second kappa shape index (κ2) is 5.61. The highest BCUT2D eigenvalue weighted by Crippen LogP contribution is 2.25. The monoisotopic (exact) mass is 360 g/mol. The maximum absolute atomic E-state index is 12.2. The first kappa shape index (κ1) is 14.3. The fourth-order valence-electron chi connectivity index (χ4n) is 1.95. The summed E-state index contributed by atoms with van der Waals surface area (Å²) in [5.41, 5.74) is -0.940. The van der Waals surface area contributed by atoms with Gasteiger partial charge in [-0.05, 0) is 36.4 Å². The van der Waals surface area contributed by atoms with E-state index in [9.17, 15) is 14.7 Å². The standard InChI is InChI=1S/C15H9BrN2O4/c16-8-3-5-9(6-4-8)18-13(20)11-12(19)10-2-1-7-17-14(10)22-15(11)21/h1-7,19H,(H,18,20). The van der Waals surface area contributed by atoms with Crippen molar-refractivity contribution in [2.45, 2.75) is 0 Å². The van der Waals surface area contributed by atoms with Crippen LogP contribution in [0.15, 0.2) is 56.3 Å². The van der Waals surface area contributed by atoms with Crippen molar-refractivity contribution in [3.05, 3.63) is 63.1 Å². The first-order valence-corrected chi connectivity index (χ1v) is 7.03. The minimum absolute atomic E-state index is 0.0230. The minimum Gasteiger partial charge on any atom is -0.506 e. The number of nitrogens with one attached hydrogen (secondary N) is 1. The van der Waals surface area contributed by atoms with Crippen LogP contribution in [0.4, 0.5) is 5.69 Å². The van der Waals surface area contributed by atoms with Gasteiger partial charge in [-0.25, -0.2) is 9.78 Å². The summed E-state index contributed by atoms with van der Waals surface area (Å²) in [5.74, 6) is -1.20. The number of nitrogens with zero attached hydrogens (tertiary/aromatic N) is 1. The Morgan fingerprint density at radius 1 is 1.23 bits per heavy atom. The minimum atomic E-state index is -0.946. The molecule has 110 valence electrons. The van der Waals surface area contributed by atoms with Crippen LogP contribution in [0.1, 0.15) is 10.4 Å². The molecule has 0 aliphatic rings. The van der Waals surface area contributed by atoms with Crippen molar-refractivity contribution < 1.29 is 14.3 Å². The molecule has 7 heteroatoms. The Hall–Kier alpha value is -2.67. The number of aromatic hydroxyl groups is 1. The predicted molar refractivity (Wildman–Crippen MR) is 84.0 cm³/mol. The van der Waals surface area contributed by atoms with Crippen LogP contribution in [-0.2, 0) is 0 Å². The van der Waals surface area contributed by atoms with Crippen LogP contribution in [0.25, 0.3) is 11.1 Å². The van der Waals surface area contributed by atoms with Crippen molar-refractivity contribution in [1.29, 1.82) is 0 Å². The van der Waals surface area contributed by atoms with E-state index in [0.717, 1.165) is 4.47 Å². The summed E-state index contributed by atoms with van der Waals surface area (Å²) in [4.78, 5) is 28.0. The van der Waals surface area contributed by atoms with Gasteiger partial charge in [0.2, 0.25) is 5.71 Å². The molecule has 0 spiro atoms. The zero-order chi connectivity index (χ0) is 15.7. The van der Waals surface area contributed by atoms with Crippen LogP contribution in [-0.4, -0.2) is 16.0 Å². The average molecular weight is 361 g/mol. The number of carbonyl (C=O) groups excluding carboxylic acids is 1. The van der Waals surface area contributed by atoms with Gasteiger partial charge < -0.3 is 14.8 Å². The molecule has 6 nitrogen and oxygen atoms in total. The maximum Gasteiger partial charge on any atom is 0.354 e. The molecule has 0 radical (unpaired) electrons. The molecule has 2 heterocycles. The summed E-state index contributed by atoms with van der Waals surface area (Å²) in [6.07, 6.45) is 1.42. The second-order valence-corrected chi connectivity index (χ2v) is 5.35. The van der Waals surface area contributed by atoms with Gasteiger partial charge in [0.05, 0.1) is 5.39 Å². The van der Waals surface area contributed by atoms with Crippen molar-refractivity contribution >= 4 is 38.6 Å². The van der Waals surface area contributed by atoms with Gasteiger partial charge in [-0.3, -0.25) is 4.79 Å². The molecule has 2 N–H and O–H groups in total. The Balaban J connectivity index is 2.04. The first-order chi connectivity index (χ1) is 10.6. The van der Waals surface area contributed by atoms with Gasteiger partial charge in [-0.1, -0.05) is 15.9 Å². The maximum atomic E-state index is 12.2. The Morgan fingerprint density at radius 2 is 1.95 bits per heavy atom. The summed E-state index contributed by atoms with van der Waals surface area (Å²) in [5, 5.41) is 12.9. The molecule has 3 rings (SSSR count). The highest BCUT2D eigenvalue weighted by atomic mass is 79.9. The van der Waals surface area contributed by atoms with Crippen LogP contribution in [0.3, 0.4) is 0 Å². The molecule has 0 bridgehead atoms. The molecule has 0 atom stereocenters. The Labute approximate surface area is 132 Å². The topological polar surface area (TPSA) is 92.4 Å². The largest absolute Gasteiger partial charge is 0.506 e. The van der Waals surface area contributed by atoms with E-state index in [0.29, 0.717) is 5.69 Å². The zero-order valence-corrected chi connectivity index (χ0v) is 12.6. The Bertz CT molecular complexity index is 919. The SMILES string of the molecule is O=C(Nc1ccc(Br)cc1)c1c(O)c2cccnc2oc1=O. The van der Waals surface area contributed by atoms with Crippen molar-refractivity contribution in [2.24, 2.45) is 0 Å². The third kappa shape index (κ3) is 2.58. The fourth-order valence-corrected chi connectivity index (χ4v) is 2.21. The normalized spacial score (nSPS) is 10.6. The van der Waals surface area contributed by atoms with Crippen molar-refractivity contribution in [1.82, 2.24) is 4.98 Å². The van der Waals surface area contributed by atoms with Crippen LogP contribution >= 0.6 is 15.9 Å². The number of anilines is 1. The van der Waals surface area contributed by atoms with E-state index in [-0.39, 0.29) is 11.1 Å². The number of hydrogen-bond acceptors (Lipinski definition) is 5. The van der Waals surface area contributed by atoms with Crippen LogP contribution in [0.2, 0.25) is 0 Å². The molecule has 1 amide bonds. The van der Waals surface area contributed by atoms with Crippen molar-refractivity contribution in [3.8, 4) is 5.75 Å². The quantitative estimate of drug-likeness (QED) is 0.732. The second-order valence-electron chi connectivity index (χ2n) is 4.43. The molecule has 0 aliphatic heterocycles. The van der Waals surface area contributed by atoms with Crippen molar-refractivity contribution in [3.63, 3.8) is 0 Å². The molecular formula is C15H9BrN2O4. The number of aromatic nitrogens is 1. The lowest BCUT2D eigenvalue weighted by atomic mass is 10.2. The van der Waals surface area contributed by atoms with Gasteiger partial charge in [0, 0.05) is 16.4 Å². The smallest absolute Gasteiger partial charge is 0.354 e. The summed E-state index contributed by atoms with van der Waals surface area (Å²) in [7, 11) is 0. The lowest BCUT2D eigenvalue weighted by Crippen LogP contribution is -2.21. The van der Waals surface area contributed by atoms with Crippen molar-refractivity contribution in [2.75, 3.05) is 5.32 Å². The number of pyridine rings is 1. The number of halogens is 1. The molecule has 0 aliphatic carbocycles. The summed E-state index contributed by atoms with van der Waals surface area (Å²) in [6, 6.07) is 9.87. The molecule has 0 saturated heterocycles. The summed E-state index contributed by atoms with van der Waals surface area (Å²) in [6.45, 7) is 0. The van der Waals surface area contributed by atoms with Gasteiger partial charge in [0.25, 0.3) is 5.91 Å². The van der Waals surface area contributed by atoms with Gasteiger partial charge in [0.1, 0.15) is 5.75 Å². The van der Waals surface area contributed by atoms with E-state index in [1.807, 2.05) is 0 Å². The summed E-state index contributed by atoms with van der Waals surface area (Å²) >= 11 is 3.28. The highest BCUT2D eigenvalue weighted by molar-refractivity contribution is 9.10. The van der Waals surface area contributed by atoms with Crippen LogP contribution in [0, 0.1) is 0 Å². The number of carbonyl (C=O) groups is 1. The van der Waals surface area contributed by atoms with Gasteiger partial charge >= 0.3 is 5.63 Å². The van der Waals surface area contributed by atoms with E-state index in [1.165, 1.54) is 12.3 Å².